The lowest BCUT2D eigenvalue weighted by molar-refractivity contribution is 0.0508. The number of β-amino-alcohol motifs (C(OH)–C–C–N with tert-alkyl or cyclic N) is 1. The second-order valence-electron chi connectivity index (χ2n) is 7.97. The van der Waals surface area contributed by atoms with Gasteiger partial charge in [0.05, 0.1) is 22.7 Å². The second-order valence-corrected chi connectivity index (χ2v) is 8.38. The third-order valence-corrected chi connectivity index (χ3v) is 4.77. The molecule has 2 aromatic rings. The number of carbonyl (C=O) groups excluding carboxylic acids is 1. The summed E-state index contributed by atoms with van der Waals surface area (Å²) in [6, 6.07) is 7.31. The molecule has 146 valence electrons. The minimum absolute atomic E-state index is 0.316. The first kappa shape index (κ1) is 19.7. The quantitative estimate of drug-likeness (QED) is 0.825. The van der Waals surface area contributed by atoms with Crippen molar-refractivity contribution < 1.29 is 14.6 Å². The summed E-state index contributed by atoms with van der Waals surface area (Å²) in [7, 11) is 0. The molecule has 2 unspecified atom stereocenters. The van der Waals surface area contributed by atoms with Crippen LogP contribution in [0, 0.1) is 0 Å². The number of carbonyl (C=O) groups is 1. The van der Waals surface area contributed by atoms with E-state index in [2.05, 4.69) is 5.32 Å². The van der Waals surface area contributed by atoms with E-state index in [0.717, 1.165) is 16.8 Å². The maximum Gasteiger partial charge on any atom is 0.408 e. The van der Waals surface area contributed by atoms with Crippen molar-refractivity contribution in [3.63, 3.8) is 0 Å². The topological polar surface area (TPSA) is 74.7 Å². The van der Waals surface area contributed by atoms with Gasteiger partial charge >= 0.3 is 6.09 Å². The van der Waals surface area contributed by atoms with Crippen molar-refractivity contribution in [3.05, 3.63) is 34.9 Å². The van der Waals surface area contributed by atoms with Crippen LogP contribution in [0.5, 0.6) is 0 Å². The first-order valence-electron chi connectivity index (χ1n) is 9.16. The molecule has 6 nitrogen and oxygen atoms in total. The number of halogens is 1. The molecule has 0 bridgehead atoms. The number of fused-ring (bicyclic) bond motifs is 1. The molecule has 0 spiro atoms. The van der Waals surface area contributed by atoms with Crippen molar-refractivity contribution >= 4 is 34.4 Å². The van der Waals surface area contributed by atoms with Gasteiger partial charge in [-0.05, 0) is 46.2 Å². The lowest BCUT2D eigenvalue weighted by atomic mass is 10.1. The standard InChI is InChI=1S/C20H26ClN3O3/c1-12(22-19(26)27-20(2,3)4)15-10-13-6-5-7-16(21)17(13)23-18(15)24-9-8-14(25)11-24/h5-7,10,12,14,25H,8-9,11H2,1-4H3,(H,22,26). The Bertz CT molecular complexity index is 850. The largest absolute Gasteiger partial charge is 0.444 e. The number of aromatic nitrogens is 1. The molecular formula is C20H26ClN3O3. The number of aliphatic hydroxyl groups is 1. The predicted molar refractivity (Wildman–Crippen MR) is 107 cm³/mol. The van der Waals surface area contributed by atoms with Crippen LogP contribution in [-0.4, -0.2) is 41.0 Å². The SMILES string of the molecule is CC(NC(=O)OC(C)(C)C)c1cc2cccc(Cl)c2nc1N1CCC(O)C1. The molecule has 0 radical (unpaired) electrons. The van der Waals surface area contributed by atoms with E-state index < -0.39 is 11.7 Å². The van der Waals surface area contributed by atoms with Crippen LogP contribution < -0.4 is 10.2 Å². The van der Waals surface area contributed by atoms with Gasteiger partial charge in [-0.2, -0.15) is 0 Å². The number of alkyl carbamates (subject to hydrolysis) is 1. The molecule has 7 heteroatoms. The average Bonchev–Trinajstić information content (AvgIpc) is 2.98. The van der Waals surface area contributed by atoms with Gasteiger partial charge in [0, 0.05) is 24.0 Å². The maximum atomic E-state index is 12.2. The zero-order valence-corrected chi connectivity index (χ0v) is 16.9. The number of hydrogen-bond donors (Lipinski definition) is 2. The summed E-state index contributed by atoms with van der Waals surface area (Å²) in [4.78, 5) is 19.0. The zero-order valence-electron chi connectivity index (χ0n) is 16.1. The summed E-state index contributed by atoms with van der Waals surface area (Å²) in [6.07, 6.45) is -0.167. The smallest absolute Gasteiger partial charge is 0.408 e. The van der Waals surface area contributed by atoms with Crippen LogP contribution in [0.25, 0.3) is 10.9 Å². The molecule has 1 aromatic carbocycles. The number of rotatable bonds is 3. The molecule has 1 saturated heterocycles. The Morgan fingerprint density at radius 1 is 1.44 bits per heavy atom. The van der Waals surface area contributed by atoms with Gasteiger partial charge in [-0.15, -0.1) is 0 Å². The minimum atomic E-state index is -0.569. The third-order valence-electron chi connectivity index (χ3n) is 4.47. The summed E-state index contributed by atoms with van der Waals surface area (Å²) in [5, 5.41) is 14.3. The number of nitrogens with zero attached hydrogens (tertiary/aromatic N) is 2. The van der Waals surface area contributed by atoms with E-state index in [4.69, 9.17) is 21.3 Å². The molecule has 27 heavy (non-hydrogen) atoms. The number of anilines is 1. The fraction of sp³-hybridized carbons (Fsp3) is 0.500. The summed E-state index contributed by atoms with van der Waals surface area (Å²) in [5.41, 5.74) is 1.01. The van der Waals surface area contributed by atoms with Crippen LogP contribution in [0.15, 0.2) is 24.3 Å². The van der Waals surface area contributed by atoms with Gasteiger partial charge in [-0.1, -0.05) is 23.7 Å². The Labute approximate surface area is 164 Å². The van der Waals surface area contributed by atoms with E-state index >= 15 is 0 Å². The third kappa shape index (κ3) is 4.62. The minimum Gasteiger partial charge on any atom is -0.444 e. The van der Waals surface area contributed by atoms with E-state index in [1.165, 1.54) is 0 Å². The molecule has 1 amide bonds. The number of amides is 1. The van der Waals surface area contributed by atoms with Crippen LogP contribution in [0.3, 0.4) is 0 Å². The van der Waals surface area contributed by atoms with Crippen LogP contribution in [-0.2, 0) is 4.74 Å². The van der Waals surface area contributed by atoms with E-state index in [0.29, 0.717) is 30.0 Å². The fourth-order valence-electron chi connectivity index (χ4n) is 3.24. The van der Waals surface area contributed by atoms with Crippen LogP contribution in [0.4, 0.5) is 10.6 Å². The highest BCUT2D eigenvalue weighted by Gasteiger charge is 2.27. The van der Waals surface area contributed by atoms with Gasteiger partial charge in [0.1, 0.15) is 11.4 Å². The second kappa shape index (κ2) is 7.52. The van der Waals surface area contributed by atoms with Gasteiger partial charge in [-0.3, -0.25) is 0 Å². The molecule has 1 aliphatic heterocycles. The van der Waals surface area contributed by atoms with E-state index in [9.17, 15) is 9.90 Å². The van der Waals surface area contributed by atoms with Crippen molar-refractivity contribution in [2.45, 2.75) is 51.9 Å². The number of nitrogens with one attached hydrogen (secondary N) is 1. The number of pyridine rings is 1. The highest BCUT2D eigenvalue weighted by molar-refractivity contribution is 6.35. The average molecular weight is 392 g/mol. The normalized spacial score (nSPS) is 18.6. The molecular weight excluding hydrogens is 366 g/mol. The molecule has 0 aliphatic carbocycles. The molecule has 3 rings (SSSR count). The van der Waals surface area contributed by atoms with Crippen molar-refractivity contribution in [1.29, 1.82) is 0 Å². The maximum absolute atomic E-state index is 12.2. The Balaban J connectivity index is 1.98. The fourth-order valence-corrected chi connectivity index (χ4v) is 3.46. The number of aliphatic hydroxyl groups excluding tert-OH is 1. The number of para-hydroxylation sites is 1. The van der Waals surface area contributed by atoms with Gasteiger partial charge < -0.3 is 20.1 Å². The molecule has 2 heterocycles. The van der Waals surface area contributed by atoms with Crippen LogP contribution >= 0.6 is 11.6 Å². The van der Waals surface area contributed by atoms with Gasteiger partial charge in [0.25, 0.3) is 0 Å². The van der Waals surface area contributed by atoms with Crippen LogP contribution in [0.2, 0.25) is 5.02 Å². The molecule has 2 atom stereocenters. The van der Waals surface area contributed by atoms with Crippen molar-refractivity contribution in [2.24, 2.45) is 0 Å². The van der Waals surface area contributed by atoms with Gasteiger partial charge in [-0.25, -0.2) is 9.78 Å². The zero-order chi connectivity index (χ0) is 19.8. The number of ether oxygens (including phenoxy) is 1. The van der Waals surface area contributed by atoms with E-state index in [1.807, 2.05) is 56.9 Å². The first-order valence-corrected chi connectivity index (χ1v) is 9.53. The highest BCUT2D eigenvalue weighted by atomic mass is 35.5. The molecule has 0 saturated carbocycles. The van der Waals surface area contributed by atoms with Gasteiger partial charge in [0.2, 0.25) is 0 Å². The lowest BCUT2D eigenvalue weighted by Gasteiger charge is -2.26. The summed E-state index contributed by atoms with van der Waals surface area (Å²) in [5.74, 6) is 0.732. The van der Waals surface area contributed by atoms with Crippen molar-refractivity contribution in [1.82, 2.24) is 10.3 Å². The summed E-state index contributed by atoms with van der Waals surface area (Å²) in [6.45, 7) is 8.59. The molecule has 1 fully saturated rings. The van der Waals surface area contributed by atoms with Crippen molar-refractivity contribution in [3.8, 4) is 0 Å². The molecule has 2 N–H and O–H groups in total. The Kier molecular flexibility index (Phi) is 5.49. The Morgan fingerprint density at radius 3 is 2.81 bits per heavy atom. The predicted octanol–water partition coefficient (Wildman–Crippen LogP) is 4.04. The van der Waals surface area contributed by atoms with E-state index in [1.54, 1.807) is 0 Å². The number of hydrogen-bond acceptors (Lipinski definition) is 5. The Morgan fingerprint density at radius 2 is 2.19 bits per heavy atom. The molecule has 1 aromatic heterocycles. The lowest BCUT2D eigenvalue weighted by Crippen LogP contribution is -2.35. The summed E-state index contributed by atoms with van der Waals surface area (Å²) < 4.78 is 5.37. The highest BCUT2D eigenvalue weighted by Crippen LogP contribution is 2.33. The van der Waals surface area contributed by atoms with Crippen LogP contribution in [0.1, 0.15) is 45.7 Å². The summed E-state index contributed by atoms with van der Waals surface area (Å²) >= 11 is 6.33. The Hall–Kier alpha value is -2.05. The molecule has 1 aliphatic rings. The first-order chi connectivity index (χ1) is 12.6. The van der Waals surface area contributed by atoms with Crippen molar-refractivity contribution in [2.75, 3.05) is 18.0 Å². The van der Waals surface area contributed by atoms with E-state index in [-0.39, 0.29) is 12.1 Å². The number of benzene rings is 1. The van der Waals surface area contributed by atoms with Gasteiger partial charge in [0.15, 0.2) is 0 Å². The monoisotopic (exact) mass is 391 g/mol.